The van der Waals surface area contributed by atoms with Crippen LogP contribution < -0.4 is 77.1 Å². The number of nitrogens with two attached hydrogens (primary N) is 2. The Kier molecular flexibility index (Phi) is 30.4. The molecule has 6 aromatic carbocycles. The summed E-state index contributed by atoms with van der Waals surface area (Å²) in [5.41, 5.74) is 8.34. The zero-order valence-electron chi connectivity index (χ0n) is 67.6. The number of carboxylic acid groups (broad SMARTS) is 1. The van der Waals surface area contributed by atoms with Crippen LogP contribution in [0.25, 0.3) is 11.1 Å². The fraction of sp³-hybridized carbons (Fsp3) is 0.464. The molecular weight excluding hydrogens is 1640 g/mol. The number of likely N-dealkylation sites (N-methyl/N-ethyl adjacent to an activating group) is 2. The summed E-state index contributed by atoms with van der Waals surface area (Å²) >= 11 is 14.3. The second kappa shape index (κ2) is 40.2. The predicted octanol–water partition coefficient (Wildman–Crippen LogP) is 5.40. The molecule has 7 heterocycles. The van der Waals surface area contributed by atoms with Gasteiger partial charge in [0.05, 0.1) is 46.4 Å². The fourth-order valence-corrected chi connectivity index (χ4v) is 15.6. The lowest BCUT2D eigenvalue weighted by atomic mass is 9.84. The number of anilines is 1. The number of nitrogens with one attached hydrogen (secondary N) is 7. The molecule has 0 saturated carbocycles. The Morgan fingerprint density at radius 1 is 0.697 bits per heavy atom. The van der Waals surface area contributed by atoms with E-state index in [4.69, 9.17) is 77.3 Å². The Morgan fingerprint density at radius 2 is 1.34 bits per heavy atom. The minimum atomic E-state index is -2.37. The summed E-state index contributed by atoms with van der Waals surface area (Å²) in [4.78, 5) is 134. The molecule has 18 atom stereocenters. The van der Waals surface area contributed by atoms with Crippen molar-refractivity contribution < 1.29 is 132 Å². The van der Waals surface area contributed by atoms with Crippen LogP contribution in [-0.2, 0) is 52.6 Å². The fourth-order valence-electron chi connectivity index (χ4n) is 15.2. The SMILES string of the molecule is CCNCCOc1ccc(NC(=O)Oc2cc(O)c3c(c2)[C@@H](C(=O)O)NC(=O)[C@H]2NC(=O)[C@H](CC(=O)[C@@H]4NC(=O)[C@H](CC(N)=O)CC(=O)[C@H](NC(=O)[C@H](CC)CC(C)C)[C@H](O)c5ccc(c(Cl)c5)Oc5cc4cc(c5O[C@@H]4O[C@H](CO)[C@@H](O)[C@H](O)[C@H]4O[C@H]4C[C@](C)(N)[C@H](O)[C@H](C)O4)Oc4ccc(cc4Cl)[C@H]2O)c2ccc(O)c-3c2)c(OCCNCC)c1. The van der Waals surface area contributed by atoms with E-state index in [0.29, 0.717) is 38.3 Å². The number of Topliss-reactive ketones (excluding diaryl/α,β-unsaturated/α-hetero) is 2. The number of carbonyl (C=O) groups is 9. The van der Waals surface area contributed by atoms with Crippen molar-refractivity contribution in [2.75, 3.05) is 51.3 Å². The van der Waals surface area contributed by atoms with Gasteiger partial charge >= 0.3 is 12.1 Å². The molecule has 13 rings (SSSR count). The van der Waals surface area contributed by atoms with Crippen molar-refractivity contribution in [1.82, 2.24) is 31.9 Å². The number of aliphatic hydroxyl groups excluding tert-OH is 6. The number of aliphatic carboxylic acids is 1. The van der Waals surface area contributed by atoms with Crippen LogP contribution in [0.2, 0.25) is 10.0 Å². The van der Waals surface area contributed by atoms with Gasteiger partial charge in [0.2, 0.25) is 41.6 Å². The zero-order chi connectivity index (χ0) is 88.5. The number of aliphatic hydroxyl groups is 6. The highest BCUT2D eigenvalue weighted by Crippen LogP contribution is 2.51. The van der Waals surface area contributed by atoms with E-state index in [9.17, 15) is 65.1 Å². The monoisotopic (exact) mass is 1740 g/mol. The Hall–Kier alpha value is -10.6. The Morgan fingerprint density at radius 3 is 1.95 bits per heavy atom. The first-order valence-corrected chi connectivity index (χ1v) is 40.6. The molecule has 2 fully saturated rings. The number of ether oxygens (including phenoxy) is 9. The number of halogens is 2. The molecule has 36 nitrogen and oxygen atoms in total. The highest BCUT2D eigenvalue weighted by atomic mass is 35.5. The molecule has 6 amide bonds. The number of hydrogen-bond acceptors (Lipinski definition) is 29. The highest BCUT2D eigenvalue weighted by molar-refractivity contribution is 6.32. The molecule has 0 aliphatic carbocycles. The number of rotatable bonds is 25. The third-order valence-electron chi connectivity index (χ3n) is 21.6. The first-order valence-electron chi connectivity index (χ1n) is 39.8. The third kappa shape index (κ3) is 21.5. The molecule has 0 spiro atoms. The predicted molar refractivity (Wildman–Crippen MR) is 435 cm³/mol. The van der Waals surface area contributed by atoms with Crippen molar-refractivity contribution in [3.05, 3.63) is 135 Å². The maximum absolute atomic E-state index is 16.5. The van der Waals surface area contributed by atoms with Crippen LogP contribution in [0.5, 0.6) is 57.5 Å². The summed E-state index contributed by atoms with van der Waals surface area (Å²) in [7, 11) is 0. The van der Waals surface area contributed by atoms with Gasteiger partial charge in [-0.1, -0.05) is 76.0 Å². The molecule has 0 radical (unpaired) electrons. The second-order valence-corrected chi connectivity index (χ2v) is 31.9. The van der Waals surface area contributed by atoms with Gasteiger partial charge in [-0.2, -0.15) is 0 Å². The molecule has 6 aromatic rings. The lowest BCUT2D eigenvalue weighted by Gasteiger charge is -2.47. The number of benzene rings is 6. The van der Waals surface area contributed by atoms with Crippen LogP contribution in [0.4, 0.5) is 10.5 Å². The lowest BCUT2D eigenvalue weighted by Crippen LogP contribution is -2.64. The van der Waals surface area contributed by atoms with Crippen LogP contribution in [0.3, 0.4) is 0 Å². The Balaban J connectivity index is 1.10. The molecule has 0 aromatic heterocycles. The molecule has 2 saturated heterocycles. The third-order valence-corrected chi connectivity index (χ3v) is 22.2. The number of carbonyl (C=O) groups excluding carboxylic acids is 8. The minimum Gasteiger partial charge on any atom is -0.507 e. The largest absolute Gasteiger partial charge is 0.507 e. The summed E-state index contributed by atoms with van der Waals surface area (Å²) in [6.07, 6.45) is -21.4. The smallest absolute Gasteiger partial charge is 0.417 e. The first kappa shape index (κ1) is 92.2. The summed E-state index contributed by atoms with van der Waals surface area (Å²) in [5, 5.41) is 124. The maximum atomic E-state index is 16.5. The van der Waals surface area contributed by atoms with Crippen LogP contribution in [0, 0.1) is 17.8 Å². The van der Waals surface area contributed by atoms with Crippen LogP contribution in [0.1, 0.15) is 145 Å². The number of ketones is 2. The molecule has 7 aliphatic heterocycles. The molecule has 122 heavy (non-hydrogen) atoms. The van der Waals surface area contributed by atoms with Gasteiger partial charge < -0.3 is 132 Å². The van der Waals surface area contributed by atoms with Crippen molar-refractivity contribution >= 4 is 82.1 Å². The quantitative estimate of drug-likeness (QED) is 0.0319. The van der Waals surface area contributed by atoms with Gasteiger partial charge in [-0.3, -0.25) is 38.9 Å². The molecule has 7 aliphatic rings. The summed E-state index contributed by atoms with van der Waals surface area (Å²) in [6, 6.07) is 9.96. The van der Waals surface area contributed by atoms with Crippen molar-refractivity contribution in [2.24, 2.45) is 29.2 Å². The molecular formula is C84H101Cl2N9O27. The number of aromatic hydroxyl groups is 2. The molecule has 20 N–H and O–H groups in total. The van der Waals surface area contributed by atoms with Crippen molar-refractivity contribution in [3.8, 4) is 68.6 Å². The minimum absolute atomic E-state index is 0.0347. The molecule has 658 valence electrons. The standard InChI is InChI=1S/C84H101Cl2N9O27/c1-8-39(23-37(4)5)77(107)94-68-55(99)27-44(30-63(87)101)78(108)92-66-43-28-60(118-57-17-12-41(70(68)102)25-50(57)85)74(122-82-75(73(105)72(104)62(36-96)120-82)121-64-35-84(7,88)76(106)38(6)116-64)61(29-43)119-58-18-13-42(26-51(58)86)71(103)69-80(110)93-67(81(111)112)49-31-46(32-54(98)65(49)48-24-40(11-16-53(48)97)47(34-56(66)100)79(109)95-69)117-83(113)91-52-15-14-45(114-21-19-89-9-2)33-59(52)115-22-20-90-10-3/h11-18,24-26,28-29,31-33,37-39,44,47,62,64,66-73,75-76,82,89-90,96-98,102-106H,8-10,19-23,27,30,34-36,88H2,1-7H3,(H2,87,101)(H,91,113)(H,92,108)(H,93,110)(H,94,107)(H,95,109)(H,111,112)/t38-,39+,44-,47+,62+,64-,66+,67-,68-,69-,70+,71+,72+,73-,75+,76+,82-,84-/m0/s1. The van der Waals surface area contributed by atoms with Crippen molar-refractivity contribution in [1.29, 1.82) is 0 Å². The van der Waals surface area contributed by atoms with Crippen LogP contribution in [0.15, 0.2) is 97.1 Å². The number of primary amides is 1. The second-order valence-electron chi connectivity index (χ2n) is 31.1. The van der Waals surface area contributed by atoms with E-state index in [2.05, 4.69) is 37.2 Å². The van der Waals surface area contributed by atoms with E-state index in [1.165, 1.54) is 44.2 Å². The van der Waals surface area contributed by atoms with E-state index in [1.54, 1.807) is 13.0 Å². The van der Waals surface area contributed by atoms with E-state index in [-0.39, 0.29) is 70.9 Å². The van der Waals surface area contributed by atoms with E-state index >= 15 is 24.0 Å². The number of phenols is 2. The number of hydrogen-bond donors (Lipinski definition) is 18. The highest BCUT2D eigenvalue weighted by Gasteiger charge is 2.52. The Bertz CT molecular complexity index is 4890. The molecule has 0 unspecified atom stereocenters. The molecule has 11 bridgehead atoms. The number of phenolic OH excluding ortho intramolecular Hbond substituents is 2. The maximum Gasteiger partial charge on any atom is 0.417 e. The lowest BCUT2D eigenvalue weighted by molar-refractivity contribution is -0.333. The van der Waals surface area contributed by atoms with Gasteiger partial charge in [0, 0.05) is 79.1 Å². The number of fused-ring (bicyclic) bond motifs is 15. The summed E-state index contributed by atoms with van der Waals surface area (Å²) in [6.45, 7) is 14.0. The summed E-state index contributed by atoms with van der Waals surface area (Å²) in [5.74, 6) is -18.9. The van der Waals surface area contributed by atoms with Crippen molar-refractivity contribution in [3.63, 3.8) is 0 Å². The van der Waals surface area contributed by atoms with E-state index in [1.807, 2.05) is 27.7 Å². The zero-order valence-corrected chi connectivity index (χ0v) is 69.1. The Labute approximate surface area is 710 Å². The van der Waals surface area contributed by atoms with Crippen molar-refractivity contribution in [2.45, 2.75) is 184 Å². The van der Waals surface area contributed by atoms with Gasteiger partial charge in [0.1, 0.15) is 102 Å². The van der Waals surface area contributed by atoms with Crippen LogP contribution >= 0.6 is 23.2 Å². The van der Waals surface area contributed by atoms with Gasteiger partial charge in [0.15, 0.2) is 41.5 Å². The number of amides is 6. The number of carboxylic acids is 1. The topological polar surface area (TPSA) is 555 Å². The summed E-state index contributed by atoms with van der Waals surface area (Å²) < 4.78 is 56.4. The van der Waals surface area contributed by atoms with Gasteiger partial charge in [-0.05, 0) is 135 Å². The van der Waals surface area contributed by atoms with E-state index < -0.39 is 255 Å². The van der Waals surface area contributed by atoms with Gasteiger partial charge in [0.25, 0.3) is 0 Å². The average molecular weight is 1740 g/mol. The van der Waals surface area contributed by atoms with E-state index in [0.717, 1.165) is 60.7 Å². The van der Waals surface area contributed by atoms with Gasteiger partial charge in [-0.25, -0.2) is 9.59 Å². The molecule has 38 heteroatoms. The normalized spacial score (nSPS) is 26.4. The van der Waals surface area contributed by atoms with Gasteiger partial charge in [-0.15, -0.1) is 0 Å². The average Bonchev–Trinajstić information content (AvgIpc) is 0.764. The first-order chi connectivity index (χ1) is 58.0. The van der Waals surface area contributed by atoms with Crippen LogP contribution in [-0.4, -0.2) is 212 Å².